The van der Waals surface area contributed by atoms with Crippen molar-refractivity contribution < 1.29 is 9.53 Å². The van der Waals surface area contributed by atoms with Gasteiger partial charge in [-0.1, -0.05) is 17.7 Å². The summed E-state index contributed by atoms with van der Waals surface area (Å²) >= 11 is 6.10. The number of nitrogens with one attached hydrogen (secondary N) is 1. The molecule has 0 radical (unpaired) electrons. The van der Waals surface area contributed by atoms with Crippen LogP contribution in [0.4, 0.5) is 5.69 Å². The molecule has 0 spiro atoms. The number of rotatable bonds is 5. The van der Waals surface area contributed by atoms with E-state index >= 15 is 0 Å². The van der Waals surface area contributed by atoms with Crippen molar-refractivity contribution in [3.63, 3.8) is 0 Å². The maximum atomic E-state index is 12.9. The summed E-state index contributed by atoms with van der Waals surface area (Å²) in [4.78, 5) is 15.3. The maximum Gasteiger partial charge on any atom is 0.256 e. The molecule has 6 heteroatoms. The van der Waals surface area contributed by atoms with Crippen LogP contribution in [0.5, 0.6) is 5.75 Å². The fourth-order valence-electron chi connectivity index (χ4n) is 4.11. The molecule has 2 fully saturated rings. The smallest absolute Gasteiger partial charge is 0.256 e. The zero-order valence-electron chi connectivity index (χ0n) is 14.0. The van der Waals surface area contributed by atoms with Crippen LogP contribution in [-0.2, 0) is 0 Å². The van der Waals surface area contributed by atoms with Crippen LogP contribution in [0.25, 0.3) is 0 Å². The zero-order chi connectivity index (χ0) is 17.3. The van der Waals surface area contributed by atoms with E-state index in [2.05, 4.69) is 16.8 Å². The van der Waals surface area contributed by atoms with Crippen LogP contribution in [0, 0.1) is 0 Å². The van der Waals surface area contributed by atoms with E-state index in [1.807, 2.05) is 6.08 Å². The Balaban J connectivity index is 1.89. The van der Waals surface area contributed by atoms with E-state index in [-0.39, 0.29) is 11.6 Å². The second-order valence-corrected chi connectivity index (χ2v) is 6.99. The van der Waals surface area contributed by atoms with Crippen LogP contribution in [0.3, 0.4) is 0 Å². The third kappa shape index (κ3) is 2.87. The summed E-state index contributed by atoms with van der Waals surface area (Å²) in [5, 5.41) is 3.61. The number of carbonyl (C=O) groups excluding carboxylic acids is 1. The number of piperidine rings is 1. The highest BCUT2D eigenvalue weighted by Gasteiger charge is 2.49. The molecule has 5 nitrogen and oxygen atoms in total. The van der Waals surface area contributed by atoms with Gasteiger partial charge in [-0.25, -0.2) is 0 Å². The van der Waals surface area contributed by atoms with Crippen molar-refractivity contribution in [1.82, 2.24) is 10.2 Å². The molecule has 1 aromatic carbocycles. The molecule has 2 bridgehead atoms. The van der Waals surface area contributed by atoms with Crippen LogP contribution >= 0.6 is 11.6 Å². The third-order valence-electron chi connectivity index (χ3n) is 5.24. The molecule has 0 aliphatic carbocycles. The lowest BCUT2D eigenvalue weighted by Gasteiger charge is -2.45. The quantitative estimate of drug-likeness (QED) is 0.632. The zero-order valence-corrected chi connectivity index (χ0v) is 14.7. The first-order chi connectivity index (χ1) is 11.5. The largest absolute Gasteiger partial charge is 0.496 e. The van der Waals surface area contributed by atoms with Gasteiger partial charge >= 0.3 is 0 Å². The van der Waals surface area contributed by atoms with Crippen molar-refractivity contribution in [2.75, 3.05) is 19.4 Å². The minimum Gasteiger partial charge on any atom is -0.496 e. The fourth-order valence-corrected chi connectivity index (χ4v) is 4.27. The van der Waals surface area contributed by atoms with Gasteiger partial charge in [-0.15, -0.1) is 6.58 Å². The number of nitrogens with two attached hydrogens (primary N) is 1. The van der Waals surface area contributed by atoms with E-state index in [4.69, 9.17) is 22.1 Å². The molecule has 130 valence electrons. The van der Waals surface area contributed by atoms with Gasteiger partial charge in [-0.2, -0.15) is 0 Å². The lowest BCUT2D eigenvalue weighted by molar-refractivity contribution is 0.0332. The van der Waals surface area contributed by atoms with Gasteiger partial charge in [0.05, 0.1) is 29.0 Å². The normalized spacial score (nSPS) is 26.2. The molecule has 2 aliphatic rings. The Bertz CT molecular complexity index is 660. The lowest BCUT2D eigenvalue weighted by Crippen LogP contribution is -2.60. The molecule has 2 saturated heterocycles. The van der Waals surface area contributed by atoms with Crippen LogP contribution < -0.4 is 15.8 Å². The summed E-state index contributed by atoms with van der Waals surface area (Å²) < 4.78 is 5.31. The number of nitrogen functional groups attached to an aromatic ring is 1. The monoisotopic (exact) mass is 349 g/mol. The number of hydrogen-bond donors (Lipinski definition) is 2. The Hall–Kier alpha value is -1.72. The van der Waals surface area contributed by atoms with Gasteiger partial charge in [0.25, 0.3) is 5.91 Å². The SMILES string of the molecule is C=CCN1C2CCCC1(NC(=O)c1cc(Cl)c(N)cc1OC)CC2. The number of hydrogen-bond acceptors (Lipinski definition) is 4. The summed E-state index contributed by atoms with van der Waals surface area (Å²) in [6, 6.07) is 3.69. The molecule has 0 saturated carbocycles. The third-order valence-corrected chi connectivity index (χ3v) is 5.57. The number of ether oxygens (including phenoxy) is 1. The highest BCUT2D eigenvalue weighted by molar-refractivity contribution is 6.33. The standard InChI is InChI=1S/C18H24ClN3O2/c1-3-9-22-12-5-4-7-18(22,8-6-12)21-17(23)13-10-14(19)15(20)11-16(13)24-2/h3,10-12H,1,4-9,20H2,2H3,(H,21,23). The summed E-state index contributed by atoms with van der Waals surface area (Å²) in [6.07, 6.45) is 7.23. The van der Waals surface area contributed by atoms with Gasteiger partial charge in [0.15, 0.2) is 0 Å². The van der Waals surface area contributed by atoms with Crippen molar-refractivity contribution in [3.8, 4) is 5.75 Å². The second kappa shape index (κ2) is 6.65. The summed E-state index contributed by atoms with van der Waals surface area (Å²) in [6.45, 7) is 4.65. The van der Waals surface area contributed by atoms with Crippen molar-refractivity contribution >= 4 is 23.2 Å². The maximum absolute atomic E-state index is 12.9. The van der Waals surface area contributed by atoms with Crippen LogP contribution in [-0.4, -0.2) is 36.2 Å². The van der Waals surface area contributed by atoms with Crippen LogP contribution in [0.2, 0.25) is 5.02 Å². The number of halogens is 1. The van der Waals surface area contributed by atoms with Gasteiger partial charge in [0.1, 0.15) is 5.75 Å². The van der Waals surface area contributed by atoms with Crippen molar-refractivity contribution in [2.45, 2.75) is 43.8 Å². The van der Waals surface area contributed by atoms with E-state index in [0.717, 1.165) is 32.2 Å². The highest BCUT2D eigenvalue weighted by Crippen LogP contribution is 2.42. The van der Waals surface area contributed by atoms with E-state index in [1.165, 1.54) is 13.5 Å². The Labute approximate surface area is 147 Å². The molecule has 1 amide bonds. The lowest BCUT2D eigenvalue weighted by atomic mass is 9.96. The van der Waals surface area contributed by atoms with Crippen molar-refractivity contribution in [3.05, 3.63) is 35.4 Å². The summed E-state index contributed by atoms with van der Waals surface area (Å²) in [5.41, 5.74) is 6.32. The molecule has 1 aromatic rings. The van der Waals surface area contributed by atoms with E-state index in [1.54, 1.807) is 12.1 Å². The summed E-state index contributed by atoms with van der Waals surface area (Å²) in [5.74, 6) is 0.261. The number of anilines is 1. The first kappa shape index (κ1) is 17.1. The van der Waals surface area contributed by atoms with E-state index in [0.29, 0.717) is 28.1 Å². The van der Waals surface area contributed by atoms with Crippen LogP contribution in [0.15, 0.2) is 24.8 Å². The molecule has 24 heavy (non-hydrogen) atoms. The summed E-state index contributed by atoms with van der Waals surface area (Å²) in [7, 11) is 1.52. The average molecular weight is 350 g/mol. The van der Waals surface area contributed by atoms with E-state index in [9.17, 15) is 4.79 Å². The average Bonchev–Trinajstić information content (AvgIpc) is 2.76. The van der Waals surface area contributed by atoms with Crippen LogP contribution in [0.1, 0.15) is 42.5 Å². The molecule has 2 heterocycles. The molecule has 3 N–H and O–H groups in total. The van der Waals surface area contributed by atoms with Gasteiger partial charge in [-0.05, 0) is 38.2 Å². The molecule has 3 rings (SSSR count). The number of carbonyl (C=O) groups is 1. The Kier molecular flexibility index (Phi) is 4.74. The minimum atomic E-state index is -0.299. The Morgan fingerprint density at radius 2 is 2.33 bits per heavy atom. The van der Waals surface area contributed by atoms with Crippen molar-refractivity contribution in [2.24, 2.45) is 0 Å². The number of nitrogens with zero attached hydrogens (tertiary/aromatic N) is 1. The molecule has 0 aromatic heterocycles. The first-order valence-corrected chi connectivity index (χ1v) is 8.71. The fraction of sp³-hybridized carbons (Fsp3) is 0.500. The highest BCUT2D eigenvalue weighted by atomic mass is 35.5. The molecule has 2 unspecified atom stereocenters. The molecular formula is C18H24ClN3O2. The molecule has 2 aliphatic heterocycles. The first-order valence-electron chi connectivity index (χ1n) is 8.34. The van der Waals surface area contributed by atoms with Gasteiger partial charge in [0.2, 0.25) is 0 Å². The topological polar surface area (TPSA) is 67.6 Å². The number of benzene rings is 1. The van der Waals surface area contributed by atoms with Gasteiger partial charge < -0.3 is 15.8 Å². The van der Waals surface area contributed by atoms with Gasteiger partial charge in [0, 0.05) is 18.7 Å². The van der Waals surface area contributed by atoms with Crippen molar-refractivity contribution in [1.29, 1.82) is 0 Å². The molecule has 2 atom stereocenters. The number of amides is 1. The minimum absolute atomic E-state index is 0.176. The number of methoxy groups -OCH3 is 1. The number of fused-ring (bicyclic) bond motifs is 2. The van der Waals surface area contributed by atoms with Gasteiger partial charge in [-0.3, -0.25) is 9.69 Å². The Morgan fingerprint density at radius 1 is 1.54 bits per heavy atom. The predicted molar refractivity (Wildman–Crippen MR) is 96.4 cm³/mol. The molecular weight excluding hydrogens is 326 g/mol. The predicted octanol–water partition coefficient (Wildman–Crippen LogP) is 3.19. The van der Waals surface area contributed by atoms with E-state index < -0.39 is 0 Å². The second-order valence-electron chi connectivity index (χ2n) is 6.59. The Morgan fingerprint density at radius 3 is 3.04 bits per heavy atom.